The van der Waals surface area contributed by atoms with Crippen molar-refractivity contribution in [2.24, 2.45) is 0 Å². The van der Waals surface area contributed by atoms with E-state index < -0.39 is 0 Å². The lowest BCUT2D eigenvalue weighted by atomic mass is 10.1. The summed E-state index contributed by atoms with van der Waals surface area (Å²) in [4.78, 5) is 2.36. The first kappa shape index (κ1) is 11.9. The topological polar surface area (TPSA) is 31.9 Å². The number of hydrogen-bond donors (Lipinski definition) is 1. The van der Waals surface area contributed by atoms with Gasteiger partial charge in [0.15, 0.2) is 0 Å². The Morgan fingerprint density at radius 3 is 2.41 bits per heavy atom. The molecule has 2 rings (SSSR count). The van der Waals surface area contributed by atoms with Gasteiger partial charge in [-0.2, -0.15) is 5.10 Å². The average molecular weight is 229 g/mol. The maximum Gasteiger partial charge on any atom is 0.0519 e. The van der Waals surface area contributed by atoms with E-state index in [4.69, 9.17) is 0 Å². The lowest BCUT2D eigenvalue weighted by Crippen LogP contribution is -2.23. The molecule has 0 bridgehead atoms. The van der Waals surface area contributed by atoms with Gasteiger partial charge in [-0.15, -0.1) is 0 Å². The Hall–Kier alpha value is -1.61. The highest BCUT2D eigenvalue weighted by molar-refractivity contribution is 5.14. The highest BCUT2D eigenvalue weighted by atomic mass is 15.1. The molecule has 2 aromatic rings. The molecule has 3 nitrogen and oxygen atoms in total. The van der Waals surface area contributed by atoms with E-state index in [9.17, 15) is 0 Å². The van der Waals surface area contributed by atoms with Crippen LogP contribution in [0.15, 0.2) is 42.7 Å². The van der Waals surface area contributed by atoms with Crippen LogP contribution in [0.4, 0.5) is 0 Å². The standard InChI is InChI=1S/C14H19N3/c1-17(10-8-14-11-15-16-12-14)9-7-13-5-3-2-4-6-13/h2-6,11-12H,7-10H2,1H3,(H,15,16). The molecular formula is C14H19N3. The third-order valence-corrected chi connectivity index (χ3v) is 2.96. The molecule has 3 heteroatoms. The maximum absolute atomic E-state index is 3.95. The smallest absolute Gasteiger partial charge is 0.0519 e. The van der Waals surface area contributed by atoms with Gasteiger partial charge >= 0.3 is 0 Å². The number of H-pyrrole nitrogens is 1. The number of rotatable bonds is 6. The number of aromatic amines is 1. The predicted octanol–water partition coefficient (Wildman–Crippen LogP) is 2.13. The minimum atomic E-state index is 1.06. The number of aromatic nitrogens is 2. The van der Waals surface area contributed by atoms with Crippen molar-refractivity contribution in [3.63, 3.8) is 0 Å². The van der Waals surface area contributed by atoms with Crippen LogP contribution in [0.3, 0.4) is 0 Å². The molecular weight excluding hydrogens is 210 g/mol. The van der Waals surface area contributed by atoms with E-state index in [0.717, 1.165) is 25.9 Å². The summed E-state index contributed by atoms with van der Waals surface area (Å²) in [5, 5.41) is 6.79. The second-order valence-corrected chi connectivity index (χ2v) is 4.40. The van der Waals surface area contributed by atoms with E-state index in [1.54, 1.807) is 0 Å². The largest absolute Gasteiger partial charge is 0.306 e. The third kappa shape index (κ3) is 4.04. The number of hydrogen-bond acceptors (Lipinski definition) is 2. The summed E-state index contributed by atoms with van der Waals surface area (Å²) in [5.41, 5.74) is 2.68. The zero-order valence-corrected chi connectivity index (χ0v) is 10.3. The Morgan fingerprint density at radius 1 is 1.06 bits per heavy atom. The second-order valence-electron chi connectivity index (χ2n) is 4.40. The quantitative estimate of drug-likeness (QED) is 0.823. The molecule has 0 amide bonds. The summed E-state index contributed by atoms with van der Waals surface area (Å²) < 4.78 is 0. The predicted molar refractivity (Wildman–Crippen MR) is 69.9 cm³/mol. The highest BCUT2D eigenvalue weighted by Gasteiger charge is 2.00. The van der Waals surface area contributed by atoms with Gasteiger partial charge in [0.2, 0.25) is 0 Å². The monoisotopic (exact) mass is 229 g/mol. The summed E-state index contributed by atoms with van der Waals surface area (Å²) in [5.74, 6) is 0. The summed E-state index contributed by atoms with van der Waals surface area (Å²) in [6.45, 7) is 2.17. The fourth-order valence-electron chi connectivity index (χ4n) is 1.81. The number of benzene rings is 1. The van der Waals surface area contributed by atoms with E-state index in [2.05, 4.69) is 52.5 Å². The Morgan fingerprint density at radius 2 is 1.76 bits per heavy atom. The summed E-state index contributed by atoms with van der Waals surface area (Å²) in [6.07, 6.45) is 6.03. The van der Waals surface area contributed by atoms with Crippen molar-refractivity contribution in [2.45, 2.75) is 12.8 Å². The molecule has 0 radical (unpaired) electrons. The van der Waals surface area contributed by atoms with Gasteiger partial charge in [0, 0.05) is 19.3 Å². The molecule has 0 saturated heterocycles. The summed E-state index contributed by atoms with van der Waals surface area (Å²) in [7, 11) is 2.17. The summed E-state index contributed by atoms with van der Waals surface area (Å²) in [6, 6.07) is 10.6. The molecule has 0 unspecified atom stereocenters. The van der Waals surface area contributed by atoms with Crippen LogP contribution in [-0.2, 0) is 12.8 Å². The van der Waals surface area contributed by atoms with Gasteiger partial charge in [-0.3, -0.25) is 5.10 Å². The SMILES string of the molecule is CN(CCc1ccccc1)CCc1cn[nH]c1. The van der Waals surface area contributed by atoms with Crippen LogP contribution >= 0.6 is 0 Å². The number of likely N-dealkylation sites (N-methyl/N-ethyl adjacent to an activating group) is 1. The molecule has 0 aliphatic rings. The van der Waals surface area contributed by atoms with E-state index in [1.807, 2.05) is 12.4 Å². The van der Waals surface area contributed by atoms with E-state index in [0.29, 0.717) is 0 Å². The Balaban J connectivity index is 1.69. The van der Waals surface area contributed by atoms with Crippen LogP contribution in [-0.4, -0.2) is 35.2 Å². The van der Waals surface area contributed by atoms with E-state index in [-0.39, 0.29) is 0 Å². The minimum absolute atomic E-state index is 1.06. The van der Waals surface area contributed by atoms with Crippen molar-refractivity contribution >= 4 is 0 Å². The lowest BCUT2D eigenvalue weighted by molar-refractivity contribution is 0.343. The first-order valence-electron chi connectivity index (χ1n) is 6.05. The van der Waals surface area contributed by atoms with Crippen molar-refractivity contribution in [1.82, 2.24) is 15.1 Å². The zero-order chi connectivity index (χ0) is 11.9. The molecule has 1 N–H and O–H groups in total. The van der Waals surface area contributed by atoms with E-state index >= 15 is 0 Å². The van der Waals surface area contributed by atoms with Crippen LogP contribution in [0.2, 0.25) is 0 Å². The molecule has 17 heavy (non-hydrogen) atoms. The second kappa shape index (κ2) is 6.21. The van der Waals surface area contributed by atoms with Crippen LogP contribution in [0.25, 0.3) is 0 Å². The molecule has 1 heterocycles. The van der Waals surface area contributed by atoms with Crippen LogP contribution in [0.1, 0.15) is 11.1 Å². The fraction of sp³-hybridized carbons (Fsp3) is 0.357. The van der Waals surface area contributed by atoms with Gasteiger partial charge in [0.05, 0.1) is 6.20 Å². The minimum Gasteiger partial charge on any atom is -0.306 e. The van der Waals surface area contributed by atoms with Crippen LogP contribution in [0.5, 0.6) is 0 Å². The van der Waals surface area contributed by atoms with Crippen LogP contribution < -0.4 is 0 Å². The van der Waals surface area contributed by atoms with E-state index in [1.165, 1.54) is 11.1 Å². The fourth-order valence-corrected chi connectivity index (χ4v) is 1.81. The molecule has 0 atom stereocenters. The van der Waals surface area contributed by atoms with Gasteiger partial charge in [0.25, 0.3) is 0 Å². The van der Waals surface area contributed by atoms with Crippen molar-refractivity contribution in [1.29, 1.82) is 0 Å². The maximum atomic E-state index is 3.95. The van der Waals surface area contributed by atoms with Crippen molar-refractivity contribution in [2.75, 3.05) is 20.1 Å². The third-order valence-electron chi connectivity index (χ3n) is 2.96. The number of nitrogens with one attached hydrogen (secondary N) is 1. The van der Waals surface area contributed by atoms with Crippen molar-refractivity contribution in [3.05, 3.63) is 53.9 Å². The van der Waals surface area contributed by atoms with Gasteiger partial charge < -0.3 is 4.90 Å². The van der Waals surface area contributed by atoms with Crippen molar-refractivity contribution in [3.8, 4) is 0 Å². The number of nitrogens with zero attached hydrogens (tertiary/aromatic N) is 2. The van der Waals surface area contributed by atoms with Crippen molar-refractivity contribution < 1.29 is 0 Å². The zero-order valence-electron chi connectivity index (χ0n) is 10.3. The molecule has 0 aliphatic carbocycles. The molecule has 1 aromatic heterocycles. The molecule has 90 valence electrons. The van der Waals surface area contributed by atoms with Gasteiger partial charge in [-0.25, -0.2) is 0 Å². The Labute approximate surface area is 102 Å². The Bertz CT molecular complexity index is 408. The van der Waals surface area contributed by atoms with Gasteiger partial charge in [-0.05, 0) is 31.0 Å². The first-order chi connectivity index (χ1) is 8.34. The molecule has 0 fully saturated rings. The average Bonchev–Trinajstić information content (AvgIpc) is 2.88. The normalized spacial score (nSPS) is 10.9. The summed E-state index contributed by atoms with van der Waals surface area (Å²) >= 11 is 0. The van der Waals surface area contributed by atoms with Crippen LogP contribution in [0, 0.1) is 0 Å². The molecule has 0 saturated carbocycles. The molecule has 0 spiro atoms. The molecule has 1 aromatic carbocycles. The molecule has 0 aliphatic heterocycles. The Kier molecular flexibility index (Phi) is 4.33. The lowest BCUT2D eigenvalue weighted by Gasteiger charge is -2.15. The van der Waals surface area contributed by atoms with Gasteiger partial charge in [-0.1, -0.05) is 30.3 Å². The van der Waals surface area contributed by atoms with Gasteiger partial charge in [0.1, 0.15) is 0 Å². The first-order valence-corrected chi connectivity index (χ1v) is 6.05. The highest BCUT2D eigenvalue weighted by Crippen LogP contribution is 2.02.